The molecule has 1 aliphatic heterocycles. The molecule has 0 amide bonds. The van der Waals surface area contributed by atoms with Gasteiger partial charge in [-0.15, -0.1) is 0 Å². The zero-order valence-corrected chi connectivity index (χ0v) is 6.02. The molecule has 0 N–H and O–H groups in total. The topological polar surface area (TPSA) is 18.5 Å². The summed E-state index contributed by atoms with van der Waals surface area (Å²) >= 11 is 5.58. The summed E-state index contributed by atoms with van der Waals surface area (Å²) in [6.45, 7) is 5.75. The van der Waals surface area contributed by atoms with E-state index < -0.39 is 5.79 Å². The molecule has 0 saturated carbocycles. The Morgan fingerprint density at radius 2 is 2.56 bits per heavy atom. The molecule has 2 atom stereocenters. The summed E-state index contributed by atoms with van der Waals surface area (Å²) in [6.07, 6.45) is 1.59. The van der Waals surface area contributed by atoms with Crippen LogP contribution >= 0.6 is 11.6 Å². The van der Waals surface area contributed by atoms with Crippen LogP contribution in [0.15, 0.2) is 12.7 Å². The molecule has 52 valence electrons. The van der Waals surface area contributed by atoms with Crippen LogP contribution in [0.2, 0.25) is 0 Å². The molecule has 1 fully saturated rings. The van der Waals surface area contributed by atoms with Gasteiger partial charge < -0.3 is 9.47 Å². The van der Waals surface area contributed by atoms with Crippen molar-refractivity contribution < 1.29 is 9.47 Å². The van der Waals surface area contributed by atoms with Crippen molar-refractivity contribution in [2.24, 2.45) is 0 Å². The SMILES string of the molecule is C=CC1(C)OCC(Cl)O1. The molecule has 2 unspecified atom stereocenters. The van der Waals surface area contributed by atoms with E-state index in [1.807, 2.05) is 0 Å². The van der Waals surface area contributed by atoms with Crippen molar-refractivity contribution in [2.45, 2.75) is 18.3 Å². The van der Waals surface area contributed by atoms with E-state index in [4.69, 9.17) is 21.1 Å². The van der Waals surface area contributed by atoms with Crippen LogP contribution in [0.5, 0.6) is 0 Å². The smallest absolute Gasteiger partial charge is 0.186 e. The second-order valence-electron chi connectivity index (χ2n) is 2.06. The molecule has 0 radical (unpaired) electrons. The Labute approximate surface area is 59.4 Å². The minimum atomic E-state index is -0.660. The molecule has 1 rings (SSSR count). The number of hydrogen-bond acceptors (Lipinski definition) is 2. The lowest BCUT2D eigenvalue weighted by Crippen LogP contribution is -2.21. The standard InChI is InChI=1S/C6H9ClO2/c1-3-6(2)8-4-5(7)9-6/h3,5H,1,4H2,2H3. The van der Waals surface area contributed by atoms with Gasteiger partial charge in [0.2, 0.25) is 0 Å². The van der Waals surface area contributed by atoms with Gasteiger partial charge in [-0.3, -0.25) is 0 Å². The fraction of sp³-hybridized carbons (Fsp3) is 0.667. The molecule has 3 heteroatoms. The van der Waals surface area contributed by atoms with Gasteiger partial charge in [-0.05, 0) is 13.0 Å². The van der Waals surface area contributed by atoms with Gasteiger partial charge in [0, 0.05) is 0 Å². The van der Waals surface area contributed by atoms with Gasteiger partial charge in [0.05, 0.1) is 6.61 Å². The zero-order valence-electron chi connectivity index (χ0n) is 5.26. The molecule has 9 heavy (non-hydrogen) atoms. The van der Waals surface area contributed by atoms with Crippen LogP contribution in [-0.2, 0) is 9.47 Å². The van der Waals surface area contributed by atoms with Crippen molar-refractivity contribution >= 4 is 11.6 Å². The maximum Gasteiger partial charge on any atom is 0.186 e. The number of ether oxygens (including phenoxy) is 2. The third-order valence-electron chi connectivity index (χ3n) is 1.23. The van der Waals surface area contributed by atoms with E-state index >= 15 is 0 Å². The molecule has 0 aromatic carbocycles. The third kappa shape index (κ3) is 1.45. The molecule has 0 aromatic rings. The Bertz CT molecular complexity index is 126. The summed E-state index contributed by atoms with van der Waals surface area (Å²) in [6, 6.07) is 0. The van der Waals surface area contributed by atoms with E-state index in [1.165, 1.54) is 0 Å². The quantitative estimate of drug-likeness (QED) is 0.415. The predicted octanol–water partition coefficient (Wildman–Crippen LogP) is 1.50. The minimum absolute atomic E-state index is 0.326. The van der Waals surface area contributed by atoms with Crippen molar-refractivity contribution in [2.75, 3.05) is 6.61 Å². The summed E-state index contributed by atoms with van der Waals surface area (Å²) in [7, 11) is 0. The maximum absolute atomic E-state index is 5.58. The molecule has 1 heterocycles. The van der Waals surface area contributed by atoms with Crippen LogP contribution in [0.1, 0.15) is 6.92 Å². The van der Waals surface area contributed by atoms with Crippen LogP contribution in [0.4, 0.5) is 0 Å². The van der Waals surface area contributed by atoms with E-state index in [0.717, 1.165) is 0 Å². The number of alkyl halides is 1. The van der Waals surface area contributed by atoms with Gasteiger partial charge in [0.15, 0.2) is 11.4 Å². The third-order valence-corrected chi connectivity index (χ3v) is 1.45. The summed E-state index contributed by atoms with van der Waals surface area (Å²) in [5.74, 6) is -0.660. The lowest BCUT2D eigenvalue weighted by Gasteiger charge is -2.16. The summed E-state index contributed by atoms with van der Waals surface area (Å²) < 4.78 is 10.3. The van der Waals surface area contributed by atoms with Crippen LogP contribution in [0.3, 0.4) is 0 Å². The molecule has 1 aliphatic rings. The maximum atomic E-state index is 5.58. The second kappa shape index (κ2) is 2.29. The first-order valence-corrected chi connectivity index (χ1v) is 3.19. The lowest BCUT2D eigenvalue weighted by molar-refractivity contribution is -0.104. The lowest BCUT2D eigenvalue weighted by atomic mass is 10.3. The first kappa shape index (κ1) is 7.06. The van der Waals surface area contributed by atoms with Crippen LogP contribution in [0.25, 0.3) is 0 Å². The second-order valence-corrected chi connectivity index (χ2v) is 2.55. The molecule has 0 aromatic heterocycles. The van der Waals surface area contributed by atoms with Crippen LogP contribution < -0.4 is 0 Å². The highest BCUT2D eigenvalue weighted by atomic mass is 35.5. The van der Waals surface area contributed by atoms with Gasteiger partial charge in [-0.2, -0.15) is 0 Å². The Morgan fingerprint density at radius 3 is 2.78 bits per heavy atom. The fourth-order valence-corrected chi connectivity index (χ4v) is 0.900. The van der Waals surface area contributed by atoms with E-state index in [0.29, 0.717) is 6.61 Å². The Hall–Kier alpha value is -0.0500. The average Bonchev–Trinajstić information content (AvgIpc) is 2.13. The zero-order chi connectivity index (χ0) is 6.91. The Balaban J connectivity index is 2.54. The van der Waals surface area contributed by atoms with Crippen molar-refractivity contribution in [1.29, 1.82) is 0 Å². The molecule has 2 nitrogen and oxygen atoms in total. The molecule has 0 bridgehead atoms. The predicted molar refractivity (Wildman–Crippen MR) is 35.3 cm³/mol. The molecular formula is C6H9ClO2. The van der Waals surface area contributed by atoms with Crippen molar-refractivity contribution in [3.8, 4) is 0 Å². The molecular weight excluding hydrogens is 140 g/mol. The van der Waals surface area contributed by atoms with Gasteiger partial charge >= 0.3 is 0 Å². The number of hydrogen-bond donors (Lipinski definition) is 0. The van der Waals surface area contributed by atoms with Gasteiger partial charge in [-0.25, -0.2) is 0 Å². The monoisotopic (exact) mass is 148 g/mol. The number of rotatable bonds is 1. The summed E-state index contributed by atoms with van der Waals surface area (Å²) in [5, 5.41) is 0. The highest BCUT2D eigenvalue weighted by molar-refractivity contribution is 6.19. The Morgan fingerprint density at radius 1 is 1.89 bits per heavy atom. The summed E-state index contributed by atoms with van der Waals surface area (Å²) in [4.78, 5) is 0. The average molecular weight is 149 g/mol. The van der Waals surface area contributed by atoms with E-state index in [9.17, 15) is 0 Å². The minimum Gasteiger partial charge on any atom is -0.343 e. The van der Waals surface area contributed by atoms with Crippen molar-refractivity contribution in [1.82, 2.24) is 0 Å². The Kier molecular flexibility index (Phi) is 1.80. The van der Waals surface area contributed by atoms with Gasteiger partial charge in [0.25, 0.3) is 0 Å². The van der Waals surface area contributed by atoms with Gasteiger partial charge in [0.1, 0.15) is 0 Å². The van der Waals surface area contributed by atoms with Crippen molar-refractivity contribution in [3.63, 3.8) is 0 Å². The van der Waals surface area contributed by atoms with E-state index in [-0.39, 0.29) is 5.56 Å². The highest BCUT2D eigenvalue weighted by Crippen LogP contribution is 2.25. The first-order valence-electron chi connectivity index (χ1n) is 2.76. The highest BCUT2D eigenvalue weighted by Gasteiger charge is 2.32. The van der Waals surface area contributed by atoms with Crippen molar-refractivity contribution in [3.05, 3.63) is 12.7 Å². The number of halogens is 1. The van der Waals surface area contributed by atoms with Crippen LogP contribution in [0, 0.1) is 0 Å². The van der Waals surface area contributed by atoms with E-state index in [2.05, 4.69) is 6.58 Å². The largest absolute Gasteiger partial charge is 0.343 e. The molecule has 0 aliphatic carbocycles. The van der Waals surface area contributed by atoms with E-state index in [1.54, 1.807) is 13.0 Å². The normalized spacial score (nSPS) is 43.1. The molecule has 1 saturated heterocycles. The molecule has 0 spiro atoms. The fourth-order valence-electron chi connectivity index (χ4n) is 0.660. The van der Waals surface area contributed by atoms with Crippen LogP contribution in [-0.4, -0.2) is 18.0 Å². The first-order chi connectivity index (χ1) is 4.16. The summed E-state index contributed by atoms with van der Waals surface area (Å²) in [5.41, 5.74) is -0.326. The van der Waals surface area contributed by atoms with Gasteiger partial charge in [-0.1, -0.05) is 18.2 Å².